The van der Waals surface area contributed by atoms with Gasteiger partial charge in [-0.1, -0.05) is 0 Å². The lowest BCUT2D eigenvalue weighted by molar-refractivity contribution is -0.214. The largest absolute Gasteiger partial charge is 0.388 e. The van der Waals surface area contributed by atoms with E-state index in [1.54, 1.807) is 14.0 Å². The summed E-state index contributed by atoms with van der Waals surface area (Å²) in [5.74, 6) is -0.155. The number of nitrogens with one attached hydrogen (secondary N) is 1. The van der Waals surface area contributed by atoms with Crippen molar-refractivity contribution in [3.63, 3.8) is 0 Å². The van der Waals surface area contributed by atoms with Crippen molar-refractivity contribution in [1.29, 1.82) is 0 Å². The zero-order chi connectivity index (χ0) is 10.7. The number of rotatable bonds is 2. The molecule has 4 atom stereocenters. The molecule has 2 N–H and O–H groups in total. The van der Waals surface area contributed by atoms with Crippen LogP contribution in [0.1, 0.15) is 20.3 Å². The molecule has 1 aliphatic rings. The quantitative estimate of drug-likeness (QED) is 0.642. The maximum atomic E-state index is 10.9. The maximum Gasteiger partial charge on any atom is 0.217 e. The molecule has 0 aromatic rings. The number of aliphatic hydroxyl groups is 1. The fraction of sp³-hybridized carbons (Fsp3) is 0.889. The first-order valence-electron chi connectivity index (χ1n) is 4.68. The van der Waals surface area contributed by atoms with Crippen molar-refractivity contribution < 1.29 is 19.4 Å². The third-order valence-electron chi connectivity index (χ3n) is 2.36. The van der Waals surface area contributed by atoms with Gasteiger partial charge in [-0.2, -0.15) is 0 Å². The second-order valence-electron chi connectivity index (χ2n) is 3.54. The van der Waals surface area contributed by atoms with Gasteiger partial charge in [-0.25, -0.2) is 0 Å². The number of methoxy groups -OCH3 is 1. The monoisotopic (exact) mass is 203 g/mol. The number of hydrogen-bond acceptors (Lipinski definition) is 4. The van der Waals surface area contributed by atoms with Crippen molar-refractivity contribution in [2.45, 2.75) is 44.8 Å². The lowest BCUT2D eigenvalue weighted by Crippen LogP contribution is -2.54. The van der Waals surface area contributed by atoms with Gasteiger partial charge >= 0.3 is 0 Å². The van der Waals surface area contributed by atoms with Gasteiger partial charge in [0.25, 0.3) is 0 Å². The number of ether oxygens (including phenoxy) is 2. The standard InChI is InChI=1S/C9H17NO4/c1-5-9(12)7(10-6(2)11)4-8(13-3)14-5/h5,7-9,12H,4H2,1-3H3,(H,10,11)/t5-,7-,8-,9-/m1/s1. The lowest BCUT2D eigenvalue weighted by atomic mass is 9.99. The SMILES string of the molecule is CO[C@H]1C[C@@H](NC(C)=O)[C@H](O)[C@@H](C)O1. The summed E-state index contributed by atoms with van der Waals surface area (Å²) in [5, 5.41) is 12.4. The molecule has 1 rings (SSSR count). The van der Waals surface area contributed by atoms with E-state index in [9.17, 15) is 9.90 Å². The Morgan fingerprint density at radius 3 is 2.79 bits per heavy atom. The Bertz CT molecular complexity index is 209. The number of carbonyl (C=O) groups excluding carboxylic acids is 1. The van der Waals surface area contributed by atoms with Crippen LogP contribution in [0, 0.1) is 0 Å². The summed E-state index contributed by atoms with van der Waals surface area (Å²) >= 11 is 0. The molecule has 82 valence electrons. The predicted molar refractivity (Wildman–Crippen MR) is 49.6 cm³/mol. The molecule has 1 saturated heterocycles. The van der Waals surface area contributed by atoms with Crippen LogP contribution >= 0.6 is 0 Å². The number of aliphatic hydroxyl groups excluding tert-OH is 1. The van der Waals surface area contributed by atoms with E-state index >= 15 is 0 Å². The molecule has 1 heterocycles. The topological polar surface area (TPSA) is 67.8 Å². The van der Waals surface area contributed by atoms with Gasteiger partial charge in [-0.15, -0.1) is 0 Å². The van der Waals surface area contributed by atoms with E-state index in [0.717, 1.165) is 0 Å². The van der Waals surface area contributed by atoms with Crippen LogP contribution in [0.15, 0.2) is 0 Å². The van der Waals surface area contributed by atoms with Gasteiger partial charge in [0, 0.05) is 20.5 Å². The molecule has 5 nitrogen and oxygen atoms in total. The van der Waals surface area contributed by atoms with E-state index in [1.807, 2.05) is 0 Å². The van der Waals surface area contributed by atoms with Crippen LogP contribution in [0.2, 0.25) is 0 Å². The molecular formula is C9H17NO4. The summed E-state index contributed by atoms with van der Waals surface area (Å²) in [5.41, 5.74) is 0. The summed E-state index contributed by atoms with van der Waals surface area (Å²) in [6.07, 6.45) is -0.886. The van der Waals surface area contributed by atoms with E-state index < -0.39 is 6.10 Å². The van der Waals surface area contributed by atoms with Crippen LogP contribution in [-0.4, -0.2) is 42.7 Å². The maximum absolute atomic E-state index is 10.9. The smallest absolute Gasteiger partial charge is 0.217 e. The van der Waals surface area contributed by atoms with Crippen LogP contribution in [0.4, 0.5) is 0 Å². The van der Waals surface area contributed by atoms with Crippen molar-refractivity contribution in [2.75, 3.05) is 7.11 Å². The summed E-state index contributed by atoms with van der Waals surface area (Å²) in [6, 6.07) is -0.291. The Morgan fingerprint density at radius 2 is 2.29 bits per heavy atom. The van der Waals surface area contributed by atoms with Gasteiger partial charge in [0.1, 0.15) is 6.10 Å². The fourth-order valence-electron chi connectivity index (χ4n) is 1.61. The van der Waals surface area contributed by atoms with E-state index in [2.05, 4.69) is 5.32 Å². The van der Waals surface area contributed by atoms with Crippen molar-refractivity contribution in [1.82, 2.24) is 5.32 Å². The highest BCUT2D eigenvalue weighted by molar-refractivity contribution is 5.73. The first kappa shape index (κ1) is 11.4. The van der Waals surface area contributed by atoms with Crippen molar-refractivity contribution in [2.24, 2.45) is 0 Å². The van der Waals surface area contributed by atoms with Gasteiger partial charge < -0.3 is 19.9 Å². The van der Waals surface area contributed by atoms with Crippen molar-refractivity contribution in [3.8, 4) is 0 Å². The number of carbonyl (C=O) groups is 1. The Kier molecular flexibility index (Phi) is 3.86. The van der Waals surface area contributed by atoms with E-state index in [1.165, 1.54) is 6.92 Å². The molecule has 0 radical (unpaired) electrons. The van der Waals surface area contributed by atoms with Gasteiger partial charge in [-0.05, 0) is 6.92 Å². The molecule has 0 aromatic heterocycles. The summed E-state index contributed by atoms with van der Waals surface area (Å²) in [6.45, 7) is 3.18. The fourth-order valence-corrected chi connectivity index (χ4v) is 1.61. The van der Waals surface area contributed by atoms with Crippen LogP contribution in [0.3, 0.4) is 0 Å². The average molecular weight is 203 g/mol. The number of hydrogen-bond donors (Lipinski definition) is 2. The normalized spacial score (nSPS) is 38.0. The first-order chi connectivity index (χ1) is 6.54. The molecule has 0 unspecified atom stereocenters. The molecule has 1 aliphatic heterocycles. The minimum Gasteiger partial charge on any atom is -0.388 e. The summed E-state index contributed by atoms with van der Waals surface area (Å²) in [7, 11) is 1.54. The Balaban J connectivity index is 2.57. The van der Waals surface area contributed by atoms with Gasteiger partial charge in [0.15, 0.2) is 6.29 Å². The molecule has 1 fully saturated rings. The van der Waals surface area contributed by atoms with Crippen molar-refractivity contribution in [3.05, 3.63) is 0 Å². The molecule has 0 bridgehead atoms. The van der Waals surface area contributed by atoms with Crippen LogP contribution in [-0.2, 0) is 14.3 Å². The van der Waals surface area contributed by atoms with E-state index in [-0.39, 0.29) is 24.3 Å². The zero-order valence-electron chi connectivity index (χ0n) is 8.69. The molecule has 5 heteroatoms. The van der Waals surface area contributed by atoms with Gasteiger partial charge in [0.05, 0.1) is 12.1 Å². The number of amides is 1. The van der Waals surface area contributed by atoms with Gasteiger partial charge in [-0.3, -0.25) is 4.79 Å². The Morgan fingerprint density at radius 1 is 1.64 bits per heavy atom. The molecule has 0 aliphatic carbocycles. The molecule has 0 spiro atoms. The first-order valence-corrected chi connectivity index (χ1v) is 4.68. The Labute approximate surface area is 83.4 Å². The molecular weight excluding hydrogens is 186 g/mol. The minimum atomic E-state index is -0.676. The molecule has 0 saturated carbocycles. The van der Waals surface area contributed by atoms with Crippen LogP contribution in [0.5, 0.6) is 0 Å². The highest BCUT2D eigenvalue weighted by Crippen LogP contribution is 2.20. The van der Waals surface area contributed by atoms with E-state index in [0.29, 0.717) is 6.42 Å². The second-order valence-corrected chi connectivity index (χ2v) is 3.54. The summed E-state index contributed by atoms with van der Waals surface area (Å²) < 4.78 is 10.4. The van der Waals surface area contributed by atoms with E-state index in [4.69, 9.17) is 9.47 Å². The third kappa shape index (κ3) is 2.67. The van der Waals surface area contributed by atoms with Crippen molar-refractivity contribution >= 4 is 5.91 Å². The lowest BCUT2D eigenvalue weighted by Gasteiger charge is -2.37. The summed E-state index contributed by atoms with van der Waals surface area (Å²) in [4.78, 5) is 10.9. The minimum absolute atomic E-state index is 0.155. The predicted octanol–water partition coefficient (Wildman–Crippen LogP) is -0.367. The zero-order valence-corrected chi connectivity index (χ0v) is 8.69. The average Bonchev–Trinajstić information content (AvgIpc) is 2.11. The van der Waals surface area contributed by atoms with Crippen LogP contribution < -0.4 is 5.32 Å². The second kappa shape index (κ2) is 4.72. The van der Waals surface area contributed by atoms with Crippen LogP contribution in [0.25, 0.3) is 0 Å². The molecule has 1 amide bonds. The Hall–Kier alpha value is -0.650. The molecule has 14 heavy (non-hydrogen) atoms. The highest BCUT2D eigenvalue weighted by Gasteiger charge is 2.35. The van der Waals surface area contributed by atoms with Gasteiger partial charge in [0.2, 0.25) is 5.91 Å². The molecule has 0 aromatic carbocycles. The highest BCUT2D eigenvalue weighted by atomic mass is 16.7. The third-order valence-corrected chi connectivity index (χ3v) is 2.36.